The Kier molecular flexibility index (Phi) is 6.15. The molecular weight excluding hydrogens is 665 g/mol. The molecule has 2 heterocycles. The van der Waals surface area contributed by atoms with Gasteiger partial charge in [0.1, 0.15) is 0 Å². The maximum absolute atomic E-state index is 2.50. The molecular formula is C53H36N2. The summed E-state index contributed by atoms with van der Waals surface area (Å²) in [5.41, 5.74) is 15.1. The maximum atomic E-state index is 2.50. The molecule has 1 aliphatic rings. The average Bonchev–Trinajstić information content (AvgIpc) is 3.82. The van der Waals surface area contributed by atoms with Gasteiger partial charge in [0.05, 0.1) is 27.8 Å². The van der Waals surface area contributed by atoms with Crippen molar-refractivity contribution in [1.29, 1.82) is 0 Å². The average molecular weight is 701 g/mol. The van der Waals surface area contributed by atoms with Crippen LogP contribution < -0.4 is 0 Å². The van der Waals surface area contributed by atoms with Crippen molar-refractivity contribution in [3.63, 3.8) is 0 Å². The van der Waals surface area contributed by atoms with Crippen LogP contribution in [-0.2, 0) is 5.41 Å². The molecule has 0 spiro atoms. The Morgan fingerprint density at radius 3 is 1.80 bits per heavy atom. The highest BCUT2D eigenvalue weighted by Crippen LogP contribution is 2.51. The zero-order valence-corrected chi connectivity index (χ0v) is 30.7. The Bertz CT molecular complexity index is 3400. The highest BCUT2D eigenvalue weighted by Gasteiger charge is 2.36. The topological polar surface area (TPSA) is 9.86 Å². The molecule has 0 saturated heterocycles. The lowest BCUT2D eigenvalue weighted by Gasteiger charge is -2.21. The van der Waals surface area contributed by atoms with Crippen molar-refractivity contribution in [2.75, 3.05) is 0 Å². The normalized spacial score (nSPS) is 13.4. The van der Waals surface area contributed by atoms with Crippen molar-refractivity contribution in [3.8, 4) is 33.6 Å². The quantitative estimate of drug-likeness (QED) is 0.174. The van der Waals surface area contributed by atoms with Crippen molar-refractivity contribution in [2.24, 2.45) is 0 Å². The Hall–Kier alpha value is -6.90. The highest BCUT2D eigenvalue weighted by molar-refractivity contribution is 6.14. The molecule has 2 aromatic heterocycles. The first-order chi connectivity index (χ1) is 27.0. The summed E-state index contributed by atoms with van der Waals surface area (Å²) in [4.78, 5) is 0. The highest BCUT2D eigenvalue weighted by atomic mass is 15.0. The molecule has 2 heteroatoms. The smallest absolute Gasteiger partial charge is 0.0547 e. The molecule has 55 heavy (non-hydrogen) atoms. The largest absolute Gasteiger partial charge is 0.309 e. The summed E-state index contributed by atoms with van der Waals surface area (Å²) in [7, 11) is 0. The first-order valence-electron chi connectivity index (χ1n) is 19.3. The van der Waals surface area contributed by atoms with Crippen LogP contribution in [0.15, 0.2) is 182 Å². The van der Waals surface area contributed by atoms with Crippen LogP contribution in [0.5, 0.6) is 0 Å². The van der Waals surface area contributed by atoms with Crippen LogP contribution in [0.2, 0.25) is 0 Å². The molecule has 0 N–H and O–H groups in total. The Morgan fingerprint density at radius 1 is 0.345 bits per heavy atom. The molecule has 0 fully saturated rings. The lowest BCUT2D eigenvalue weighted by Crippen LogP contribution is -2.14. The lowest BCUT2D eigenvalue weighted by atomic mass is 9.82. The minimum atomic E-state index is -0.0849. The zero-order valence-electron chi connectivity index (χ0n) is 30.7. The third kappa shape index (κ3) is 4.25. The zero-order chi connectivity index (χ0) is 36.4. The molecule has 12 rings (SSSR count). The molecule has 2 nitrogen and oxygen atoms in total. The summed E-state index contributed by atoms with van der Waals surface area (Å²) >= 11 is 0. The van der Waals surface area contributed by atoms with Gasteiger partial charge in [-0.05, 0) is 110 Å². The van der Waals surface area contributed by atoms with Gasteiger partial charge in [0.2, 0.25) is 0 Å². The van der Waals surface area contributed by atoms with E-state index < -0.39 is 0 Å². The fourth-order valence-corrected chi connectivity index (χ4v) is 9.80. The first kappa shape index (κ1) is 30.6. The van der Waals surface area contributed by atoms with E-state index in [0.717, 1.165) is 0 Å². The van der Waals surface area contributed by atoms with Crippen LogP contribution in [0.25, 0.3) is 98.8 Å². The number of fused-ring (bicyclic) bond motifs is 11. The molecule has 1 aliphatic carbocycles. The van der Waals surface area contributed by atoms with Crippen LogP contribution in [0.1, 0.15) is 25.0 Å². The molecule has 0 saturated carbocycles. The molecule has 258 valence electrons. The van der Waals surface area contributed by atoms with E-state index in [-0.39, 0.29) is 5.41 Å². The second-order valence-electron chi connectivity index (χ2n) is 15.8. The van der Waals surface area contributed by atoms with E-state index in [4.69, 9.17) is 0 Å². The van der Waals surface area contributed by atoms with Gasteiger partial charge in [-0.2, -0.15) is 0 Å². The molecule has 9 aromatic carbocycles. The van der Waals surface area contributed by atoms with Crippen LogP contribution >= 0.6 is 0 Å². The number of hydrogen-bond acceptors (Lipinski definition) is 0. The monoisotopic (exact) mass is 700 g/mol. The van der Waals surface area contributed by atoms with Crippen molar-refractivity contribution in [2.45, 2.75) is 19.3 Å². The molecule has 0 aliphatic heterocycles. The van der Waals surface area contributed by atoms with Gasteiger partial charge in [-0.1, -0.05) is 135 Å². The molecule has 11 aromatic rings. The van der Waals surface area contributed by atoms with Gasteiger partial charge in [0, 0.05) is 38.0 Å². The minimum Gasteiger partial charge on any atom is -0.309 e. The third-order valence-electron chi connectivity index (χ3n) is 12.5. The van der Waals surface area contributed by atoms with E-state index in [1.165, 1.54) is 110 Å². The van der Waals surface area contributed by atoms with Gasteiger partial charge < -0.3 is 9.13 Å². The van der Waals surface area contributed by atoms with E-state index >= 15 is 0 Å². The van der Waals surface area contributed by atoms with E-state index in [2.05, 4.69) is 205 Å². The maximum Gasteiger partial charge on any atom is 0.0547 e. The van der Waals surface area contributed by atoms with Crippen molar-refractivity contribution >= 4 is 65.2 Å². The van der Waals surface area contributed by atoms with Crippen molar-refractivity contribution < 1.29 is 0 Å². The summed E-state index contributed by atoms with van der Waals surface area (Å²) in [5, 5.41) is 10.1. The fraction of sp³-hybridized carbons (Fsp3) is 0.0566. The second-order valence-corrected chi connectivity index (χ2v) is 15.8. The van der Waals surface area contributed by atoms with Gasteiger partial charge in [0.25, 0.3) is 0 Å². The van der Waals surface area contributed by atoms with Gasteiger partial charge in [-0.15, -0.1) is 0 Å². The van der Waals surface area contributed by atoms with Gasteiger partial charge in [-0.3, -0.25) is 0 Å². The number of nitrogens with zero attached hydrogens (tertiary/aromatic N) is 2. The molecule has 0 unspecified atom stereocenters. The molecule has 0 atom stereocenters. The van der Waals surface area contributed by atoms with Crippen molar-refractivity contribution in [1.82, 2.24) is 9.13 Å². The molecule has 0 bridgehead atoms. The van der Waals surface area contributed by atoms with Crippen LogP contribution in [0.3, 0.4) is 0 Å². The van der Waals surface area contributed by atoms with E-state index in [9.17, 15) is 0 Å². The fourth-order valence-electron chi connectivity index (χ4n) is 9.80. The number of rotatable bonds is 3. The number of hydrogen-bond donors (Lipinski definition) is 0. The third-order valence-corrected chi connectivity index (χ3v) is 12.5. The summed E-state index contributed by atoms with van der Waals surface area (Å²) in [6.45, 7) is 4.75. The predicted molar refractivity (Wildman–Crippen MR) is 233 cm³/mol. The van der Waals surface area contributed by atoms with Crippen LogP contribution in [-0.4, -0.2) is 9.13 Å². The summed E-state index contributed by atoms with van der Waals surface area (Å²) in [6, 6.07) is 67.7. The Morgan fingerprint density at radius 2 is 0.964 bits per heavy atom. The lowest BCUT2D eigenvalue weighted by molar-refractivity contribution is 0.661. The SMILES string of the molecule is CC1(C)c2ccccc2-c2cc3c(cc21)c1cc(-c2ccc4c(c2)c2ccccc2n4-c2cccc4ccccc24)ccc1n3-c1ccc2ccccc2c1. The standard InChI is InChI=1S/C53H36N2/c1-53(2)46-19-9-7-17-40(46)42-32-52-45(31-47(42)53)44-30-37(23-26-50(44)54(52)38-25-22-33-12-3-4-14-35(33)28-38)36-24-27-51-43(29-36)41-18-8-10-20-49(41)55(51)48-21-11-15-34-13-5-6-16-39(34)48/h3-32H,1-2H3. The Balaban J connectivity index is 1.10. The first-order valence-corrected chi connectivity index (χ1v) is 19.3. The summed E-state index contributed by atoms with van der Waals surface area (Å²) in [6.07, 6.45) is 0. The van der Waals surface area contributed by atoms with Crippen molar-refractivity contribution in [3.05, 3.63) is 193 Å². The van der Waals surface area contributed by atoms with E-state index in [1.54, 1.807) is 0 Å². The second kappa shape index (κ2) is 11.1. The number of para-hydroxylation sites is 1. The van der Waals surface area contributed by atoms with Gasteiger partial charge >= 0.3 is 0 Å². The van der Waals surface area contributed by atoms with E-state index in [1.807, 2.05) is 0 Å². The summed E-state index contributed by atoms with van der Waals surface area (Å²) in [5.74, 6) is 0. The van der Waals surface area contributed by atoms with Crippen LogP contribution in [0.4, 0.5) is 0 Å². The molecule has 0 amide bonds. The predicted octanol–water partition coefficient (Wildman–Crippen LogP) is 14.2. The van der Waals surface area contributed by atoms with Gasteiger partial charge in [0.15, 0.2) is 0 Å². The van der Waals surface area contributed by atoms with Crippen LogP contribution in [0, 0.1) is 0 Å². The summed E-state index contributed by atoms with van der Waals surface area (Å²) < 4.78 is 4.92. The van der Waals surface area contributed by atoms with Gasteiger partial charge in [-0.25, -0.2) is 0 Å². The Labute approximate surface area is 319 Å². The minimum absolute atomic E-state index is 0.0849. The van der Waals surface area contributed by atoms with E-state index in [0.29, 0.717) is 0 Å². The molecule has 0 radical (unpaired) electrons. The number of benzene rings is 9. The number of aromatic nitrogens is 2.